The minimum Gasteiger partial charge on any atom is -0.497 e. The minimum atomic E-state index is -4.48. The number of aromatic nitrogens is 1. The van der Waals surface area contributed by atoms with Crippen LogP contribution >= 0.6 is 11.3 Å². The van der Waals surface area contributed by atoms with Crippen LogP contribution in [0.25, 0.3) is 10.6 Å². The van der Waals surface area contributed by atoms with Crippen LogP contribution in [0.4, 0.5) is 13.2 Å². The van der Waals surface area contributed by atoms with E-state index in [-0.39, 0.29) is 24.6 Å². The number of rotatable bonds is 8. The Kier molecular flexibility index (Phi) is 7.13. The normalized spacial score (nSPS) is 12.3. The van der Waals surface area contributed by atoms with Gasteiger partial charge in [0.15, 0.2) is 0 Å². The third kappa shape index (κ3) is 6.19. The molecule has 2 aromatic carbocycles. The zero-order chi connectivity index (χ0) is 22.4. The van der Waals surface area contributed by atoms with Crippen LogP contribution in [0.1, 0.15) is 16.1 Å². The number of hydrogen-bond acceptors (Lipinski definition) is 6. The van der Waals surface area contributed by atoms with Crippen LogP contribution in [-0.2, 0) is 6.18 Å². The fraction of sp³-hybridized carbons (Fsp3) is 0.238. The summed E-state index contributed by atoms with van der Waals surface area (Å²) < 4.78 is 48.5. The molecule has 1 amide bonds. The fourth-order valence-electron chi connectivity index (χ4n) is 2.56. The standard InChI is InChI=1S/C21H19F3N2O4S/c1-29-16-7-5-13(6-8-16)20-26-18(12-31-20)19(28)25-10-15(27)11-30-17-4-2-3-14(9-17)21(22,23)24/h2-9,12,15,27H,10-11H2,1H3,(H,25,28). The van der Waals surface area contributed by atoms with E-state index < -0.39 is 23.8 Å². The number of aliphatic hydroxyl groups is 1. The predicted molar refractivity (Wildman–Crippen MR) is 109 cm³/mol. The summed E-state index contributed by atoms with van der Waals surface area (Å²) in [5.74, 6) is 0.206. The molecule has 1 unspecified atom stereocenters. The maximum Gasteiger partial charge on any atom is 0.416 e. The molecule has 31 heavy (non-hydrogen) atoms. The Hall–Kier alpha value is -3.11. The number of benzene rings is 2. The van der Waals surface area contributed by atoms with Crippen molar-refractivity contribution in [1.29, 1.82) is 0 Å². The molecule has 0 aliphatic rings. The number of nitrogens with one attached hydrogen (secondary N) is 1. The number of alkyl halides is 3. The largest absolute Gasteiger partial charge is 0.497 e. The van der Waals surface area contributed by atoms with Gasteiger partial charge in [-0.3, -0.25) is 4.79 Å². The minimum absolute atomic E-state index is 0.0242. The van der Waals surface area contributed by atoms with Crippen molar-refractivity contribution in [1.82, 2.24) is 10.3 Å². The molecule has 10 heteroatoms. The summed E-state index contributed by atoms with van der Waals surface area (Å²) in [5.41, 5.74) is 0.185. The SMILES string of the molecule is COc1ccc(-c2nc(C(=O)NCC(O)COc3cccc(C(F)(F)F)c3)cs2)cc1. The molecule has 1 atom stereocenters. The number of methoxy groups -OCH3 is 1. The zero-order valence-corrected chi connectivity index (χ0v) is 17.2. The molecule has 164 valence electrons. The lowest BCUT2D eigenvalue weighted by Crippen LogP contribution is -2.35. The molecule has 0 saturated carbocycles. The third-order valence-electron chi connectivity index (χ3n) is 4.18. The molecule has 0 fully saturated rings. The summed E-state index contributed by atoms with van der Waals surface area (Å²) in [6, 6.07) is 11.6. The highest BCUT2D eigenvalue weighted by Gasteiger charge is 2.30. The molecular formula is C21H19F3N2O4S. The average Bonchev–Trinajstić information content (AvgIpc) is 3.26. The molecule has 0 spiro atoms. The molecule has 0 bridgehead atoms. The van der Waals surface area contributed by atoms with Gasteiger partial charge in [0.05, 0.1) is 12.7 Å². The second-order valence-electron chi connectivity index (χ2n) is 6.47. The topological polar surface area (TPSA) is 80.7 Å². The number of aliphatic hydroxyl groups excluding tert-OH is 1. The van der Waals surface area contributed by atoms with Gasteiger partial charge < -0.3 is 19.9 Å². The van der Waals surface area contributed by atoms with E-state index in [0.717, 1.165) is 17.7 Å². The second kappa shape index (κ2) is 9.80. The Labute approximate surface area is 180 Å². The molecule has 2 N–H and O–H groups in total. The van der Waals surface area contributed by atoms with Crippen molar-refractivity contribution < 1.29 is 32.5 Å². The first kappa shape index (κ1) is 22.6. The van der Waals surface area contributed by atoms with Gasteiger partial charge in [-0.25, -0.2) is 4.98 Å². The zero-order valence-electron chi connectivity index (χ0n) is 16.3. The van der Waals surface area contributed by atoms with Crippen molar-refractivity contribution in [2.24, 2.45) is 0 Å². The van der Waals surface area contributed by atoms with E-state index in [0.29, 0.717) is 10.8 Å². The molecule has 3 rings (SSSR count). The highest BCUT2D eigenvalue weighted by Crippen LogP contribution is 2.31. The van der Waals surface area contributed by atoms with Crippen molar-refractivity contribution in [3.8, 4) is 22.1 Å². The van der Waals surface area contributed by atoms with Crippen molar-refractivity contribution in [2.75, 3.05) is 20.3 Å². The van der Waals surface area contributed by atoms with Crippen LogP contribution in [0.3, 0.4) is 0 Å². The van der Waals surface area contributed by atoms with Crippen LogP contribution in [-0.4, -0.2) is 42.4 Å². The molecule has 0 aliphatic carbocycles. The number of nitrogens with zero attached hydrogens (tertiary/aromatic N) is 1. The lowest BCUT2D eigenvalue weighted by atomic mass is 10.2. The molecule has 0 saturated heterocycles. The molecule has 0 aliphatic heterocycles. The van der Waals surface area contributed by atoms with Crippen LogP contribution in [0.5, 0.6) is 11.5 Å². The first-order chi connectivity index (χ1) is 14.8. The number of hydrogen-bond donors (Lipinski definition) is 2. The predicted octanol–water partition coefficient (Wildman–Crippen LogP) is 4.01. The molecular weight excluding hydrogens is 433 g/mol. The van der Waals surface area contributed by atoms with E-state index in [1.807, 2.05) is 12.1 Å². The van der Waals surface area contributed by atoms with Crippen molar-refractivity contribution in [3.63, 3.8) is 0 Å². The van der Waals surface area contributed by atoms with Gasteiger partial charge in [0.25, 0.3) is 5.91 Å². The summed E-state index contributed by atoms with van der Waals surface area (Å²) in [5, 5.41) is 14.8. The van der Waals surface area contributed by atoms with Crippen molar-refractivity contribution in [3.05, 3.63) is 65.2 Å². The van der Waals surface area contributed by atoms with Crippen LogP contribution in [0, 0.1) is 0 Å². The van der Waals surface area contributed by atoms with Crippen LogP contribution < -0.4 is 14.8 Å². The van der Waals surface area contributed by atoms with Gasteiger partial charge in [-0.05, 0) is 42.5 Å². The monoisotopic (exact) mass is 452 g/mol. The number of carbonyl (C=O) groups excluding carboxylic acids is 1. The highest BCUT2D eigenvalue weighted by atomic mass is 32.1. The van der Waals surface area contributed by atoms with Gasteiger partial charge in [0.1, 0.15) is 34.9 Å². The Bertz CT molecular complexity index is 1020. The van der Waals surface area contributed by atoms with E-state index in [2.05, 4.69) is 10.3 Å². The number of halogens is 3. The van der Waals surface area contributed by atoms with E-state index in [9.17, 15) is 23.1 Å². The summed E-state index contributed by atoms with van der Waals surface area (Å²) in [6.07, 6.45) is -5.59. The quantitative estimate of drug-likeness (QED) is 0.540. The average molecular weight is 452 g/mol. The van der Waals surface area contributed by atoms with Gasteiger partial charge in [-0.2, -0.15) is 13.2 Å². The number of thiazole rings is 1. The number of amides is 1. The highest BCUT2D eigenvalue weighted by molar-refractivity contribution is 7.13. The Morgan fingerprint density at radius 1 is 1.19 bits per heavy atom. The lowest BCUT2D eigenvalue weighted by molar-refractivity contribution is -0.137. The number of carbonyl (C=O) groups is 1. The van der Waals surface area contributed by atoms with Crippen LogP contribution in [0.15, 0.2) is 53.9 Å². The van der Waals surface area contributed by atoms with Crippen molar-refractivity contribution in [2.45, 2.75) is 12.3 Å². The molecule has 0 radical (unpaired) electrons. The van der Waals surface area contributed by atoms with Gasteiger partial charge in [-0.1, -0.05) is 6.07 Å². The molecule has 3 aromatic rings. The van der Waals surface area contributed by atoms with E-state index >= 15 is 0 Å². The third-order valence-corrected chi connectivity index (χ3v) is 5.07. The molecule has 1 heterocycles. The lowest BCUT2D eigenvalue weighted by Gasteiger charge is -2.14. The van der Waals surface area contributed by atoms with Gasteiger partial charge in [-0.15, -0.1) is 11.3 Å². The van der Waals surface area contributed by atoms with Gasteiger partial charge in [0, 0.05) is 17.5 Å². The first-order valence-corrected chi connectivity index (χ1v) is 10.0. The Balaban J connectivity index is 1.50. The molecule has 1 aromatic heterocycles. The smallest absolute Gasteiger partial charge is 0.416 e. The fourth-order valence-corrected chi connectivity index (χ4v) is 3.37. The summed E-state index contributed by atoms with van der Waals surface area (Å²) in [7, 11) is 1.57. The van der Waals surface area contributed by atoms with Gasteiger partial charge in [0.2, 0.25) is 0 Å². The van der Waals surface area contributed by atoms with Crippen molar-refractivity contribution >= 4 is 17.2 Å². The second-order valence-corrected chi connectivity index (χ2v) is 7.32. The maximum absolute atomic E-state index is 12.7. The summed E-state index contributed by atoms with van der Waals surface area (Å²) >= 11 is 1.30. The maximum atomic E-state index is 12.7. The van der Waals surface area contributed by atoms with Crippen LogP contribution in [0.2, 0.25) is 0 Å². The first-order valence-electron chi connectivity index (χ1n) is 9.12. The van der Waals surface area contributed by atoms with E-state index in [4.69, 9.17) is 9.47 Å². The van der Waals surface area contributed by atoms with Gasteiger partial charge >= 0.3 is 6.18 Å². The molecule has 6 nitrogen and oxygen atoms in total. The van der Waals surface area contributed by atoms with E-state index in [1.165, 1.54) is 23.5 Å². The van der Waals surface area contributed by atoms with E-state index in [1.54, 1.807) is 24.6 Å². The Morgan fingerprint density at radius 3 is 2.61 bits per heavy atom. The summed E-state index contributed by atoms with van der Waals surface area (Å²) in [4.78, 5) is 16.5. The number of ether oxygens (including phenoxy) is 2. The Morgan fingerprint density at radius 2 is 1.94 bits per heavy atom. The summed E-state index contributed by atoms with van der Waals surface area (Å²) in [6.45, 7) is -0.428.